The Bertz CT molecular complexity index is 785. The number of thiophene rings is 1. The molecule has 0 atom stereocenters. The maximum absolute atomic E-state index is 11.8. The topological polar surface area (TPSA) is 118 Å². The SMILES string of the molecule is NC(=O)c1ccc(NC(=O)CCNC(=O)CCC(=O)c2cccs2)cc1. The second kappa shape index (κ2) is 9.47. The molecule has 4 N–H and O–H groups in total. The number of nitrogens with two attached hydrogens (primary N) is 1. The van der Waals surface area contributed by atoms with Crippen LogP contribution in [0.1, 0.15) is 39.3 Å². The minimum Gasteiger partial charge on any atom is -0.366 e. The zero-order chi connectivity index (χ0) is 18.9. The van der Waals surface area contributed by atoms with Crippen LogP contribution < -0.4 is 16.4 Å². The molecule has 0 fully saturated rings. The largest absolute Gasteiger partial charge is 0.366 e. The first-order chi connectivity index (χ1) is 12.5. The summed E-state index contributed by atoms with van der Waals surface area (Å²) >= 11 is 1.35. The number of nitrogens with one attached hydrogen (secondary N) is 2. The summed E-state index contributed by atoms with van der Waals surface area (Å²) in [6, 6.07) is 9.71. The monoisotopic (exact) mass is 373 g/mol. The van der Waals surface area contributed by atoms with Gasteiger partial charge in [-0.15, -0.1) is 11.3 Å². The number of rotatable bonds is 9. The number of hydrogen-bond acceptors (Lipinski definition) is 5. The van der Waals surface area contributed by atoms with E-state index in [9.17, 15) is 19.2 Å². The van der Waals surface area contributed by atoms with Crippen molar-refractivity contribution in [3.05, 3.63) is 52.2 Å². The predicted octanol–water partition coefficient (Wildman–Crippen LogP) is 1.95. The molecule has 3 amide bonds. The minimum absolute atomic E-state index is 0.0627. The Labute approximate surface area is 154 Å². The van der Waals surface area contributed by atoms with Gasteiger partial charge in [0.15, 0.2) is 5.78 Å². The number of benzene rings is 1. The molecule has 0 saturated heterocycles. The zero-order valence-corrected chi connectivity index (χ0v) is 14.8. The Morgan fingerprint density at radius 3 is 2.27 bits per heavy atom. The van der Waals surface area contributed by atoms with Gasteiger partial charge in [0.1, 0.15) is 0 Å². The van der Waals surface area contributed by atoms with E-state index in [-0.39, 0.29) is 43.4 Å². The van der Waals surface area contributed by atoms with Crippen molar-refractivity contribution in [3.8, 4) is 0 Å². The molecular formula is C18H19N3O4S. The van der Waals surface area contributed by atoms with Crippen LogP contribution in [0.25, 0.3) is 0 Å². The van der Waals surface area contributed by atoms with E-state index in [0.717, 1.165) is 0 Å². The van der Waals surface area contributed by atoms with Crippen LogP contribution in [0, 0.1) is 0 Å². The standard InChI is InChI=1S/C18H19N3O4S/c19-18(25)12-3-5-13(6-4-12)21-17(24)9-10-20-16(23)8-7-14(22)15-2-1-11-26-15/h1-6,11H,7-10H2,(H2,19,25)(H,20,23)(H,21,24). The lowest BCUT2D eigenvalue weighted by molar-refractivity contribution is -0.121. The molecule has 0 bridgehead atoms. The number of carbonyl (C=O) groups is 4. The van der Waals surface area contributed by atoms with Crippen LogP contribution in [0.5, 0.6) is 0 Å². The summed E-state index contributed by atoms with van der Waals surface area (Å²) in [6.45, 7) is 0.178. The average molecular weight is 373 g/mol. The summed E-state index contributed by atoms with van der Waals surface area (Å²) in [7, 11) is 0. The van der Waals surface area contributed by atoms with Crippen molar-refractivity contribution in [2.75, 3.05) is 11.9 Å². The number of anilines is 1. The van der Waals surface area contributed by atoms with E-state index in [4.69, 9.17) is 5.73 Å². The molecule has 2 rings (SSSR count). The van der Waals surface area contributed by atoms with Crippen LogP contribution in [0.3, 0.4) is 0 Å². The van der Waals surface area contributed by atoms with Crippen molar-refractivity contribution in [1.82, 2.24) is 5.32 Å². The summed E-state index contributed by atoms with van der Waals surface area (Å²) in [5, 5.41) is 7.08. The lowest BCUT2D eigenvalue weighted by atomic mass is 10.2. The molecule has 136 valence electrons. The highest BCUT2D eigenvalue weighted by molar-refractivity contribution is 7.12. The van der Waals surface area contributed by atoms with Crippen molar-refractivity contribution < 1.29 is 19.2 Å². The fraction of sp³-hybridized carbons (Fsp3) is 0.222. The van der Waals surface area contributed by atoms with E-state index in [1.807, 2.05) is 5.38 Å². The van der Waals surface area contributed by atoms with Gasteiger partial charge in [-0.1, -0.05) is 6.07 Å². The Morgan fingerprint density at radius 1 is 0.923 bits per heavy atom. The highest BCUT2D eigenvalue weighted by atomic mass is 32.1. The van der Waals surface area contributed by atoms with Gasteiger partial charge in [-0.25, -0.2) is 0 Å². The van der Waals surface area contributed by atoms with Gasteiger partial charge in [0.05, 0.1) is 4.88 Å². The highest BCUT2D eigenvalue weighted by Crippen LogP contribution is 2.12. The molecule has 0 saturated carbocycles. The summed E-state index contributed by atoms with van der Waals surface area (Å²) in [6.07, 6.45) is 0.333. The molecule has 2 aromatic rings. The molecule has 7 nitrogen and oxygen atoms in total. The Balaban J connectivity index is 1.65. The summed E-state index contributed by atoms with van der Waals surface area (Å²) < 4.78 is 0. The molecule has 1 aromatic carbocycles. The summed E-state index contributed by atoms with van der Waals surface area (Å²) in [4.78, 5) is 47.0. The Kier molecular flexibility index (Phi) is 7.04. The van der Waals surface area contributed by atoms with Gasteiger partial charge >= 0.3 is 0 Å². The van der Waals surface area contributed by atoms with E-state index in [0.29, 0.717) is 16.1 Å². The first kappa shape index (κ1) is 19.3. The molecule has 8 heteroatoms. The normalized spacial score (nSPS) is 10.2. The van der Waals surface area contributed by atoms with E-state index in [1.165, 1.54) is 23.5 Å². The quantitative estimate of drug-likeness (QED) is 0.582. The third-order valence-corrected chi connectivity index (χ3v) is 4.41. The van der Waals surface area contributed by atoms with Crippen LogP contribution in [-0.2, 0) is 9.59 Å². The Morgan fingerprint density at radius 2 is 1.65 bits per heavy atom. The van der Waals surface area contributed by atoms with Gasteiger partial charge in [0, 0.05) is 37.1 Å². The van der Waals surface area contributed by atoms with Crippen LogP contribution in [0.4, 0.5) is 5.69 Å². The van der Waals surface area contributed by atoms with Crippen molar-refractivity contribution >= 4 is 40.5 Å². The minimum atomic E-state index is -0.539. The van der Waals surface area contributed by atoms with Crippen LogP contribution in [0.15, 0.2) is 41.8 Å². The number of amides is 3. The number of ketones is 1. The molecule has 1 heterocycles. The van der Waals surface area contributed by atoms with E-state index in [1.54, 1.807) is 24.3 Å². The molecule has 1 aromatic heterocycles. The van der Waals surface area contributed by atoms with Gasteiger partial charge in [0.2, 0.25) is 17.7 Å². The molecule has 0 aliphatic rings. The molecular weight excluding hydrogens is 354 g/mol. The van der Waals surface area contributed by atoms with Crippen molar-refractivity contribution in [2.45, 2.75) is 19.3 Å². The van der Waals surface area contributed by atoms with Gasteiger partial charge in [0.25, 0.3) is 0 Å². The number of carbonyl (C=O) groups excluding carboxylic acids is 4. The van der Waals surface area contributed by atoms with E-state index in [2.05, 4.69) is 10.6 Å². The smallest absolute Gasteiger partial charge is 0.248 e. The second-order valence-electron chi connectivity index (χ2n) is 5.49. The third-order valence-electron chi connectivity index (χ3n) is 3.50. The maximum atomic E-state index is 11.8. The number of primary amides is 1. The van der Waals surface area contributed by atoms with E-state index < -0.39 is 5.91 Å². The van der Waals surface area contributed by atoms with E-state index >= 15 is 0 Å². The van der Waals surface area contributed by atoms with Gasteiger partial charge in [-0.3, -0.25) is 19.2 Å². The number of hydrogen-bond donors (Lipinski definition) is 3. The van der Waals surface area contributed by atoms with Crippen LogP contribution in [0.2, 0.25) is 0 Å². The Hall–Kier alpha value is -3.00. The van der Waals surface area contributed by atoms with Gasteiger partial charge in [-0.2, -0.15) is 0 Å². The molecule has 0 aliphatic carbocycles. The predicted molar refractivity (Wildman–Crippen MR) is 99.1 cm³/mol. The molecule has 0 radical (unpaired) electrons. The number of Topliss-reactive ketones (excluding diaryl/α,β-unsaturated/α-hetero) is 1. The van der Waals surface area contributed by atoms with Crippen LogP contribution >= 0.6 is 11.3 Å². The van der Waals surface area contributed by atoms with Gasteiger partial charge < -0.3 is 16.4 Å². The lowest BCUT2D eigenvalue weighted by Gasteiger charge is -2.07. The highest BCUT2D eigenvalue weighted by Gasteiger charge is 2.10. The lowest BCUT2D eigenvalue weighted by Crippen LogP contribution is -2.27. The maximum Gasteiger partial charge on any atom is 0.248 e. The third kappa shape index (κ3) is 6.14. The molecule has 0 aliphatic heterocycles. The summed E-state index contributed by atoms with van der Waals surface area (Å²) in [5.41, 5.74) is 6.03. The van der Waals surface area contributed by atoms with Crippen molar-refractivity contribution in [2.24, 2.45) is 5.73 Å². The fourth-order valence-corrected chi connectivity index (χ4v) is 2.83. The summed E-state index contributed by atoms with van der Waals surface area (Å²) in [5.74, 6) is -1.14. The molecule has 0 unspecified atom stereocenters. The van der Waals surface area contributed by atoms with Crippen molar-refractivity contribution in [1.29, 1.82) is 0 Å². The molecule has 26 heavy (non-hydrogen) atoms. The fourth-order valence-electron chi connectivity index (χ4n) is 2.13. The first-order valence-corrected chi connectivity index (χ1v) is 8.87. The first-order valence-electron chi connectivity index (χ1n) is 7.99. The van der Waals surface area contributed by atoms with Crippen molar-refractivity contribution in [3.63, 3.8) is 0 Å². The van der Waals surface area contributed by atoms with Crippen LogP contribution in [-0.4, -0.2) is 30.0 Å². The zero-order valence-electron chi connectivity index (χ0n) is 14.0. The molecule has 0 spiro atoms. The van der Waals surface area contributed by atoms with Gasteiger partial charge in [-0.05, 0) is 35.7 Å². The second-order valence-corrected chi connectivity index (χ2v) is 6.44. The average Bonchev–Trinajstić information content (AvgIpc) is 3.15.